The predicted molar refractivity (Wildman–Crippen MR) is 153 cm³/mol. The van der Waals surface area contributed by atoms with E-state index in [4.69, 9.17) is 4.99 Å². The Bertz CT molecular complexity index is 1520. The van der Waals surface area contributed by atoms with Gasteiger partial charge in [-0.3, -0.25) is 14.8 Å². The molecular formula is C31H33F3N4O3. The molecule has 0 aliphatic heterocycles. The van der Waals surface area contributed by atoms with E-state index in [9.17, 15) is 27.9 Å². The molecule has 4 rings (SSSR count). The zero-order valence-electron chi connectivity index (χ0n) is 23.8. The van der Waals surface area contributed by atoms with Gasteiger partial charge in [-0.05, 0) is 64.0 Å². The van der Waals surface area contributed by atoms with Crippen LogP contribution in [0.5, 0.6) is 0 Å². The van der Waals surface area contributed by atoms with Crippen LogP contribution in [0.3, 0.4) is 0 Å². The largest absolute Gasteiger partial charge is 0.478 e. The summed E-state index contributed by atoms with van der Waals surface area (Å²) in [7, 11) is 0. The average molecular weight is 567 g/mol. The molecule has 0 amide bonds. The Kier molecular flexibility index (Phi) is 10.2. The number of hydrogen-bond acceptors (Lipinski definition) is 6. The van der Waals surface area contributed by atoms with Crippen molar-refractivity contribution in [2.75, 3.05) is 5.32 Å². The number of allylic oxidation sites excluding steroid dienone is 2. The van der Waals surface area contributed by atoms with Gasteiger partial charge in [0.15, 0.2) is 5.78 Å². The molecule has 2 aromatic carbocycles. The summed E-state index contributed by atoms with van der Waals surface area (Å²) >= 11 is 0. The molecule has 3 aromatic rings. The molecule has 2 N–H and O–H groups in total. The Morgan fingerprint density at radius 2 is 1.78 bits per heavy atom. The first kappa shape index (κ1) is 31.2. The minimum Gasteiger partial charge on any atom is -0.478 e. The van der Waals surface area contributed by atoms with Crippen molar-refractivity contribution in [1.29, 1.82) is 0 Å². The topological polar surface area (TPSA) is 105 Å². The van der Waals surface area contributed by atoms with Crippen LogP contribution in [0.15, 0.2) is 59.2 Å². The summed E-state index contributed by atoms with van der Waals surface area (Å²) < 4.78 is 40.5. The molecule has 7 nitrogen and oxygen atoms in total. The van der Waals surface area contributed by atoms with Crippen LogP contribution >= 0.6 is 0 Å². The third-order valence-corrected chi connectivity index (χ3v) is 6.64. The van der Waals surface area contributed by atoms with Crippen molar-refractivity contribution in [2.45, 2.75) is 66.3 Å². The van der Waals surface area contributed by atoms with Crippen molar-refractivity contribution in [3.63, 3.8) is 0 Å². The SMILES string of the molecule is CC.CC(=O)c1cc(F)cc(C(C)Nc2ccccc2C(=O)O)c1N=C(C)C1=CC(c2ncc(C(F)F)nc2C)C1. The predicted octanol–water partition coefficient (Wildman–Crippen LogP) is 8.17. The van der Waals surface area contributed by atoms with Crippen molar-refractivity contribution in [3.05, 3.63) is 93.8 Å². The number of aryl methyl sites for hydroxylation is 1. The number of hydrogen-bond donors (Lipinski definition) is 2. The van der Waals surface area contributed by atoms with E-state index in [0.717, 1.165) is 17.8 Å². The lowest BCUT2D eigenvalue weighted by atomic mass is 9.81. The van der Waals surface area contributed by atoms with Crippen molar-refractivity contribution >= 4 is 28.8 Å². The molecule has 0 saturated heterocycles. The van der Waals surface area contributed by atoms with Gasteiger partial charge in [-0.15, -0.1) is 0 Å². The Balaban J connectivity index is 0.00000226. The van der Waals surface area contributed by atoms with Gasteiger partial charge >= 0.3 is 5.97 Å². The molecule has 0 spiro atoms. The highest BCUT2D eigenvalue weighted by molar-refractivity contribution is 6.05. The molecule has 0 radical (unpaired) electrons. The lowest BCUT2D eigenvalue weighted by Crippen LogP contribution is -2.17. The lowest BCUT2D eigenvalue weighted by molar-refractivity contribution is 0.0697. The second-order valence-corrected chi connectivity index (χ2v) is 9.43. The summed E-state index contributed by atoms with van der Waals surface area (Å²) in [5.41, 5.74) is 3.33. The van der Waals surface area contributed by atoms with Crippen LogP contribution in [-0.2, 0) is 0 Å². The number of para-hydroxylation sites is 1. The number of halogens is 3. The summed E-state index contributed by atoms with van der Waals surface area (Å²) in [5.74, 6) is -2.21. The molecule has 1 heterocycles. The van der Waals surface area contributed by atoms with Crippen LogP contribution in [0.2, 0.25) is 0 Å². The second-order valence-electron chi connectivity index (χ2n) is 9.43. The number of aliphatic imine (C=N–C) groups is 1. The maximum atomic E-state index is 14.6. The van der Waals surface area contributed by atoms with Crippen molar-refractivity contribution < 1.29 is 27.9 Å². The number of Topliss-reactive ketones (excluding diaryl/α,β-unsaturated/α-hetero) is 1. The first-order valence-corrected chi connectivity index (χ1v) is 13.3. The lowest BCUT2D eigenvalue weighted by Gasteiger charge is -2.26. The van der Waals surface area contributed by atoms with Crippen LogP contribution in [0, 0.1) is 12.7 Å². The highest BCUT2D eigenvalue weighted by Gasteiger charge is 2.27. The van der Waals surface area contributed by atoms with E-state index in [-0.39, 0.29) is 34.2 Å². The Morgan fingerprint density at radius 3 is 2.37 bits per heavy atom. The van der Waals surface area contributed by atoms with Gasteiger partial charge in [-0.2, -0.15) is 0 Å². The number of alkyl halides is 2. The molecule has 41 heavy (non-hydrogen) atoms. The number of carbonyl (C=O) groups is 2. The standard InChI is InChI=1S/C29H27F3N4O3.C2H6/c1-14(18-9-19(10-18)26-16(3)35-25(13-33-26)28(31)32)36-27-22(11-20(30)12-23(27)17(4)37)15(2)34-24-8-6-5-7-21(24)29(38)39;1-2/h5-9,11-13,15,19,28,34H,10H2,1-4H3,(H,38,39);1-2H3. The number of rotatable bonds is 9. The van der Waals surface area contributed by atoms with E-state index < -0.39 is 24.3 Å². The summed E-state index contributed by atoms with van der Waals surface area (Å²) in [6.07, 6.45) is 0.854. The molecular weight excluding hydrogens is 533 g/mol. The number of carboxylic acids is 1. The minimum absolute atomic E-state index is 0.0550. The van der Waals surface area contributed by atoms with E-state index in [1.165, 1.54) is 19.1 Å². The highest BCUT2D eigenvalue weighted by atomic mass is 19.3. The average Bonchev–Trinajstić information content (AvgIpc) is 2.90. The van der Waals surface area contributed by atoms with Gasteiger partial charge in [0.25, 0.3) is 6.43 Å². The zero-order chi connectivity index (χ0) is 30.4. The molecule has 0 saturated carbocycles. The number of carboxylic acid groups (broad SMARTS) is 1. The number of aromatic nitrogens is 2. The third-order valence-electron chi connectivity index (χ3n) is 6.64. The minimum atomic E-state index is -2.69. The van der Waals surface area contributed by atoms with Crippen LogP contribution in [-0.4, -0.2) is 32.5 Å². The van der Waals surface area contributed by atoms with Gasteiger partial charge in [-0.25, -0.2) is 22.9 Å². The van der Waals surface area contributed by atoms with Crippen molar-refractivity contribution in [2.24, 2.45) is 4.99 Å². The first-order valence-electron chi connectivity index (χ1n) is 13.3. The smallest absolute Gasteiger partial charge is 0.337 e. The Hall–Kier alpha value is -4.34. The third kappa shape index (κ3) is 7.06. The Labute approximate surface area is 237 Å². The fourth-order valence-corrected chi connectivity index (χ4v) is 4.56. The fourth-order valence-electron chi connectivity index (χ4n) is 4.56. The van der Waals surface area contributed by atoms with Gasteiger partial charge in [0.2, 0.25) is 0 Å². The summed E-state index contributed by atoms with van der Waals surface area (Å²) in [6, 6.07) is 8.17. The Morgan fingerprint density at radius 1 is 1.12 bits per heavy atom. The van der Waals surface area contributed by atoms with Crippen molar-refractivity contribution in [1.82, 2.24) is 9.97 Å². The maximum Gasteiger partial charge on any atom is 0.337 e. The normalized spacial score (nSPS) is 15.3. The first-order chi connectivity index (χ1) is 19.5. The van der Waals surface area contributed by atoms with Crippen LogP contribution in [0.25, 0.3) is 0 Å². The quantitative estimate of drug-likeness (QED) is 0.200. The zero-order valence-corrected chi connectivity index (χ0v) is 23.8. The fraction of sp³-hybridized carbons (Fsp3) is 0.323. The van der Waals surface area contributed by atoms with Crippen LogP contribution in [0.4, 0.5) is 24.5 Å². The number of ketones is 1. The summed E-state index contributed by atoms with van der Waals surface area (Å²) in [4.78, 5) is 37.0. The molecule has 216 valence electrons. The second kappa shape index (κ2) is 13.3. The van der Waals surface area contributed by atoms with Gasteiger partial charge in [0.05, 0.1) is 34.9 Å². The number of anilines is 1. The van der Waals surface area contributed by atoms with E-state index >= 15 is 0 Å². The van der Waals surface area contributed by atoms with E-state index in [1.807, 2.05) is 19.9 Å². The monoisotopic (exact) mass is 566 g/mol. The molecule has 1 aliphatic rings. The molecule has 1 aromatic heterocycles. The maximum absolute atomic E-state index is 14.6. The number of aromatic carboxylic acids is 1. The summed E-state index contributed by atoms with van der Waals surface area (Å²) in [5, 5.41) is 12.6. The van der Waals surface area contributed by atoms with Crippen molar-refractivity contribution in [3.8, 4) is 0 Å². The number of carbonyl (C=O) groups excluding carboxylic acids is 1. The van der Waals surface area contributed by atoms with E-state index in [0.29, 0.717) is 34.8 Å². The molecule has 0 fully saturated rings. The highest BCUT2D eigenvalue weighted by Crippen LogP contribution is 2.39. The van der Waals surface area contributed by atoms with E-state index in [2.05, 4.69) is 15.3 Å². The molecule has 1 aliphatic carbocycles. The van der Waals surface area contributed by atoms with Gasteiger partial charge in [0.1, 0.15) is 11.5 Å². The van der Waals surface area contributed by atoms with Gasteiger partial charge < -0.3 is 10.4 Å². The van der Waals surface area contributed by atoms with Crippen LogP contribution in [0.1, 0.15) is 103 Å². The van der Waals surface area contributed by atoms with E-state index in [1.54, 1.807) is 39.0 Å². The molecule has 10 heteroatoms. The molecule has 0 bridgehead atoms. The number of nitrogens with zero attached hydrogens (tertiary/aromatic N) is 3. The van der Waals surface area contributed by atoms with Gasteiger partial charge in [0, 0.05) is 28.4 Å². The molecule has 2 atom stereocenters. The number of nitrogens with one attached hydrogen (secondary N) is 1. The summed E-state index contributed by atoms with van der Waals surface area (Å²) in [6.45, 7) is 10.5. The molecule has 2 unspecified atom stereocenters. The number of benzene rings is 2. The van der Waals surface area contributed by atoms with Crippen LogP contribution < -0.4 is 5.32 Å². The van der Waals surface area contributed by atoms with Gasteiger partial charge in [-0.1, -0.05) is 32.1 Å².